The maximum Gasteiger partial charge on any atom is 0.292 e. The summed E-state index contributed by atoms with van der Waals surface area (Å²) in [6, 6.07) is 7.80. The molecule has 0 aliphatic rings. The van der Waals surface area contributed by atoms with Crippen LogP contribution in [0.15, 0.2) is 34.9 Å². The first-order valence-corrected chi connectivity index (χ1v) is 6.07. The van der Waals surface area contributed by atoms with Crippen molar-refractivity contribution < 1.29 is 13.7 Å². The minimum atomic E-state index is -0.309. The van der Waals surface area contributed by atoms with Gasteiger partial charge in [-0.2, -0.15) is 0 Å². The molecule has 0 fully saturated rings. The number of nitrogens with zero attached hydrogens (tertiary/aromatic N) is 2. The van der Waals surface area contributed by atoms with Gasteiger partial charge >= 0.3 is 0 Å². The van der Waals surface area contributed by atoms with E-state index in [4.69, 9.17) is 4.52 Å². The molecule has 0 bridgehead atoms. The predicted octanol–water partition coefficient (Wildman–Crippen LogP) is 2.78. The summed E-state index contributed by atoms with van der Waals surface area (Å²) in [6.07, 6.45) is 0. The number of benzene rings is 1. The van der Waals surface area contributed by atoms with E-state index in [0.717, 1.165) is 5.56 Å². The van der Waals surface area contributed by atoms with Crippen LogP contribution < -0.4 is 0 Å². The molecule has 0 aliphatic carbocycles. The van der Waals surface area contributed by atoms with Gasteiger partial charge in [0.05, 0.1) is 5.69 Å². The van der Waals surface area contributed by atoms with E-state index >= 15 is 0 Å². The smallest absolute Gasteiger partial charge is 0.292 e. The zero-order valence-electron chi connectivity index (χ0n) is 10.9. The average Bonchev–Trinajstić information content (AvgIpc) is 2.82. The summed E-state index contributed by atoms with van der Waals surface area (Å²) in [5, 5.41) is 3.69. The van der Waals surface area contributed by atoms with Gasteiger partial charge in [-0.3, -0.25) is 4.79 Å². The Balaban J connectivity index is 2.14. The number of carbonyl (C=O) groups excluding carboxylic acids is 1. The second-order valence-corrected chi connectivity index (χ2v) is 4.28. The molecule has 4 nitrogen and oxygen atoms in total. The Kier molecular flexibility index (Phi) is 3.94. The van der Waals surface area contributed by atoms with Gasteiger partial charge in [0.2, 0.25) is 5.76 Å². The van der Waals surface area contributed by atoms with Gasteiger partial charge in [0, 0.05) is 19.2 Å². The molecule has 2 rings (SSSR count). The van der Waals surface area contributed by atoms with Crippen LogP contribution in [0.5, 0.6) is 0 Å². The van der Waals surface area contributed by atoms with Gasteiger partial charge in [-0.15, -0.1) is 0 Å². The number of hydrogen-bond donors (Lipinski definition) is 0. The summed E-state index contributed by atoms with van der Waals surface area (Å²) in [7, 11) is 0. The Labute approximate surface area is 110 Å². The Morgan fingerprint density at radius 1 is 1.42 bits per heavy atom. The summed E-state index contributed by atoms with van der Waals surface area (Å²) in [5.74, 6) is -0.348. The lowest BCUT2D eigenvalue weighted by Gasteiger charge is -2.19. The van der Waals surface area contributed by atoms with Crippen molar-refractivity contribution in [3.63, 3.8) is 0 Å². The molecular weight excluding hydrogens is 247 g/mol. The molecule has 19 heavy (non-hydrogen) atoms. The Morgan fingerprint density at radius 3 is 2.79 bits per heavy atom. The van der Waals surface area contributed by atoms with Crippen molar-refractivity contribution in [2.24, 2.45) is 0 Å². The van der Waals surface area contributed by atoms with Crippen LogP contribution in [0.4, 0.5) is 4.39 Å². The SMILES string of the molecule is CCN(Cc1cccc(F)c1)C(=O)c1cc(C)no1. The van der Waals surface area contributed by atoms with Crippen molar-refractivity contribution in [2.45, 2.75) is 20.4 Å². The number of aryl methyl sites for hydroxylation is 1. The Morgan fingerprint density at radius 2 is 2.21 bits per heavy atom. The van der Waals surface area contributed by atoms with Crippen LogP contribution in [0.25, 0.3) is 0 Å². The van der Waals surface area contributed by atoms with Crippen LogP contribution in [0.1, 0.15) is 28.7 Å². The number of carbonyl (C=O) groups is 1. The standard InChI is InChI=1S/C14H15FN2O2/c1-3-17(9-11-5-4-6-12(15)8-11)14(18)13-7-10(2)16-19-13/h4-8H,3,9H2,1-2H3. The molecular formula is C14H15FN2O2. The lowest BCUT2D eigenvalue weighted by Crippen LogP contribution is -2.30. The van der Waals surface area contributed by atoms with E-state index in [1.165, 1.54) is 12.1 Å². The third-order valence-electron chi connectivity index (χ3n) is 2.77. The minimum absolute atomic E-state index is 0.204. The molecule has 0 radical (unpaired) electrons. The topological polar surface area (TPSA) is 46.3 Å². The summed E-state index contributed by atoms with van der Waals surface area (Å²) in [6.45, 7) is 4.46. The molecule has 0 saturated heterocycles. The zero-order valence-corrected chi connectivity index (χ0v) is 10.9. The summed E-state index contributed by atoms with van der Waals surface area (Å²) in [4.78, 5) is 13.8. The van der Waals surface area contributed by atoms with Gasteiger partial charge in [0.25, 0.3) is 5.91 Å². The molecule has 2 aromatic rings. The minimum Gasteiger partial charge on any atom is -0.351 e. The fourth-order valence-corrected chi connectivity index (χ4v) is 1.80. The Bertz CT molecular complexity index is 580. The molecule has 1 aromatic carbocycles. The molecule has 5 heteroatoms. The van der Waals surface area contributed by atoms with Gasteiger partial charge in [0.15, 0.2) is 0 Å². The van der Waals surface area contributed by atoms with Gasteiger partial charge in [-0.25, -0.2) is 4.39 Å². The number of aromatic nitrogens is 1. The van der Waals surface area contributed by atoms with Gasteiger partial charge in [-0.05, 0) is 31.5 Å². The molecule has 0 atom stereocenters. The van der Waals surface area contributed by atoms with Crippen molar-refractivity contribution >= 4 is 5.91 Å². The van der Waals surface area contributed by atoms with Crippen LogP contribution in [0, 0.1) is 12.7 Å². The molecule has 1 aromatic heterocycles. The lowest BCUT2D eigenvalue weighted by atomic mass is 10.2. The van der Waals surface area contributed by atoms with Crippen LogP contribution in [-0.4, -0.2) is 22.5 Å². The molecule has 1 amide bonds. The van der Waals surface area contributed by atoms with Crippen LogP contribution >= 0.6 is 0 Å². The fourth-order valence-electron chi connectivity index (χ4n) is 1.80. The van der Waals surface area contributed by atoms with Gasteiger partial charge in [0.1, 0.15) is 5.82 Å². The highest BCUT2D eigenvalue weighted by molar-refractivity contribution is 5.91. The third-order valence-corrected chi connectivity index (χ3v) is 2.77. The van der Waals surface area contributed by atoms with E-state index in [0.29, 0.717) is 18.8 Å². The Hall–Kier alpha value is -2.17. The van der Waals surface area contributed by atoms with E-state index in [9.17, 15) is 9.18 Å². The summed E-state index contributed by atoms with van der Waals surface area (Å²) >= 11 is 0. The number of amides is 1. The first-order valence-electron chi connectivity index (χ1n) is 6.07. The molecule has 1 heterocycles. The molecule has 100 valence electrons. The van der Waals surface area contributed by atoms with Crippen molar-refractivity contribution in [1.82, 2.24) is 10.1 Å². The average molecular weight is 262 g/mol. The quantitative estimate of drug-likeness (QED) is 0.851. The van der Waals surface area contributed by atoms with E-state index in [1.807, 2.05) is 6.92 Å². The van der Waals surface area contributed by atoms with E-state index in [-0.39, 0.29) is 17.5 Å². The van der Waals surface area contributed by atoms with E-state index < -0.39 is 0 Å². The number of rotatable bonds is 4. The summed E-state index contributed by atoms with van der Waals surface area (Å²) < 4.78 is 18.1. The monoisotopic (exact) mass is 262 g/mol. The maximum atomic E-state index is 13.1. The van der Waals surface area contributed by atoms with Gasteiger partial charge < -0.3 is 9.42 Å². The van der Waals surface area contributed by atoms with Crippen LogP contribution in [0.2, 0.25) is 0 Å². The highest BCUT2D eigenvalue weighted by Gasteiger charge is 2.18. The second kappa shape index (κ2) is 5.65. The van der Waals surface area contributed by atoms with Crippen molar-refractivity contribution in [3.8, 4) is 0 Å². The molecule has 0 saturated carbocycles. The molecule has 0 spiro atoms. The zero-order chi connectivity index (χ0) is 13.8. The summed E-state index contributed by atoms with van der Waals surface area (Å²) in [5.41, 5.74) is 1.40. The van der Waals surface area contributed by atoms with Crippen LogP contribution in [-0.2, 0) is 6.54 Å². The lowest BCUT2D eigenvalue weighted by molar-refractivity contribution is 0.0710. The third kappa shape index (κ3) is 3.19. The first kappa shape index (κ1) is 13.3. The number of halogens is 1. The van der Waals surface area contributed by atoms with E-state index in [1.54, 1.807) is 30.0 Å². The first-order chi connectivity index (χ1) is 9.10. The highest BCUT2D eigenvalue weighted by Crippen LogP contribution is 2.12. The molecule has 0 N–H and O–H groups in total. The van der Waals surface area contributed by atoms with Crippen molar-refractivity contribution in [2.75, 3.05) is 6.54 Å². The van der Waals surface area contributed by atoms with Crippen LogP contribution in [0.3, 0.4) is 0 Å². The molecule has 0 unspecified atom stereocenters. The van der Waals surface area contributed by atoms with Crippen molar-refractivity contribution in [3.05, 3.63) is 53.2 Å². The maximum absolute atomic E-state index is 13.1. The predicted molar refractivity (Wildman–Crippen MR) is 68.1 cm³/mol. The normalized spacial score (nSPS) is 10.5. The number of hydrogen-bond acceptors (Lipinski definition) is 3. The van der Waals surface area contributed by atoms with Crippen molar-refractivity contribution in [1.29, 1.82) is 0 Å². The largest absolute Gasteiger partial charge is 0.351 e. The van der Waals surface area contributed by atoms with E-state index in [2.05, 4.69) is 5.16 Å². The van der Waals surface area contributed by atoms with Gasteiger partial charge in [-0.1, -0.05) is 17.3 Å². The fraction of sp³-hybridized carbons (Fsp3) is 0.286. The molecule has 0 aliphatic heterocycles. The second-order valence-electron chi connectivity index (χ2n) is 4.28. The highest BCUT2D eigenvalue weighted by atomic mass is 19.1.